The van der Waals surface area contributed by atoms with Crippen molar-refractivity contribution in [3.05, 3.63) is 56.7 Å². The standard InChI is InChI=1S/C27H26ClFN8O2S2/c1-35(2)26(38)22-21(28)18-11-36(7-4-8-37(18)34-22)25-15-12-40-19(9-17(15)32-27(33-25)39-3)13-5-6-16(29)23-20(13)14(10-30)24(31)41-23/h5-6,19H,4,7-9,11-12,31H2,1-3H3. The Morgan fingerprint density at radius 1 is 1.32 bits per heavy atom. The summed E-state index contributed by atoms with van der Waals surface area (Å²) in [6.07, 6.45) is 1.32. The molecule has 0 radical (unpaired) electrons. The fraction of sp³-hybridized carbons (Fsp3) is 0.370. The number of hydrogen-bond acceptors (Lipinski definition) is 10. The molecule has 1 unspecified atom stereocenters. The number of carbonyl (C=O) groups excluding carboxylic acids is 1. The molecule has 6 rings (SSSR count). The first-order valence-corrected chi connectivity index (χ1v) is 15.1. The van der Waals surface area contributed by atoms with Crippen molar-refractivity contribution in [3.63, 3.8) is 0 Å². The topological polar surface area (TPSA) is 126 Å². The molecule has 0 aliphatic carbocycles. The van der Waals surface area contributed by atoms with Crippen LogP contribution in [0.1, 0.15) is 50.2 Å². The number of nitrogens with zero attached hydrogens (tertiary/aromatic N) is 7. The second-order valence-corrected chi connectivity index (χ2v) is 12.7. The van der Waals surface area contributed by atoms with Gasteiger partial charge in [0.15, 0.2) is 5.69 Å². The van der Waals surface area contributed by atoms with Gasteiger partial charge in [-0.3, -0.25) is 9.48 Å². The van der Waals surface area contributed by atoms with Crippen molar-refractivity contribution < 1.29 is 13.9 Å². The number of nitrogens with two attached hydrogens (primary N) is 1. The summed E-state index contributed by atoms with van der Waals surface area (Å²) in [7, 11) is 4.88. The number of anilines is 2. The van der Waals surface area contributed by atoms with E-state index < -0.39 is 0 Å². The third-order valence-corrected chi connectivity index (χ3v) is 10.1. The number of fused-ring (bicyclic) bond motifs is 3. The average Bonchev–Trinajstić information content (AvgIpc) is 3.37. The van der Waals surface area contributed by atoms with Gasteiger partial charge in [0.25, 0.3) is 5.91 Å². The van der Waals surface area contributed by atoms with Crippen molar-refractivity contribution in [1.29, 1.82) is 5.26 Å². The maximum Gasteiger partial charge on any atom is 0.318 e. The Bertz CT molecular complexity index is 1750. The number of ether oxygens (including phenoxy) is 1. The normalized spacial score (nSPS) is 16.6. The lowest BCUT2D eigenvalue weighted by atomic mass is 9.98. The molecule has 0 bridgehead atoms. The number of thiophene rings is 1. The Labute approximate surface area is 248 Å². The third kappa shape index (κ3) is 4.64. The van der Waals surface area contributed by atoms with Crippen LogP contribution in [0, 0.1) is 17.1 Å². The number of rotatable bonds is 4. The maximum absolute atomic E-state index is 14.7. The van der Waals surface area contributed by atoms with Gasteiger partial charge >= 0.3 is 6.01 Å². The van der Waals surface area contributed by atoms with Crippen LogP contribution >= 0.6 is 34.7 Å². The van der Waals surface area contributed by atoms with Crippen LogP contribution < -0.4 is 15.4 Å². The minimum absolute atomic E-state index is 0.0706. The van der Waals surface area contributed by atoms with Gasteiger partial charge in [-0.15, -0.1) is 23.1 Å². The largest absolute Gasteiger partial charge is 0.467 e. The number of nitriles is 1. The summed E-state index contributed by atoms with van der Waals surface area (Å²) < 4.78 is 22.4. The quantitative estimate of drug-likeness (QED) is 0.346. The summed E-state index contributed by atoms with van der Waals surface area (Å²) in [6.45, 7) is 1.75. The molecular formula is C27H26ClFN8O2S2. The molecule has 4 aromatic rings. The van der Waals surface area contributed by atoms with Crippen molar-refractivity contribution >= 4 is 61.5 Å². The van der Waals surface area contributed by atoms with E-state index in [-0.39, 0.29) is 28.7 Å². The van der Waals surface area contributed by atoms with Crippen LogP contribution in [0.25, 0.3) is 10.1 Å². The zero-order valence-electron chi connectivity index (χ0n) is 22.6. The number of carbonyl (C=O) groups is 1. The van der Waals surface area contributed by atoms with E-state index in [1.165, 1.54) is 18.1 Å². The Hall–Kier alpha value is -3.60. The third-order valence-electron chi connectivity index (χ3n) is 7.39. The van der Waals surface area contributed by atoms with Crippen LogP contribution in [0.5, 0.6) is 6.01 Å². The van der Waals surface area contributed by atoms with Crippen molar-refractivity contribution in [2.75, 3.05) is 38.4 Å². The van der Waals surface area contributed by atoms with Gasteiger partial charge in [-0.2, -0.15) is 20.3 Å². The number of aryl methyl sites for hydroxylation is 1. The van der Waals surface area contributed by atoms with Crippen LogP contribution in [0.15, 0.2) is 12.1 Å². The fourth-order valence-corrected chi connectivity index (χ4v) is 7.94. The van der Waals surface area contributed by atoms with E-state index in [4.69, 9.17) is 32.0 Å². The van der Waals surface area contributed by atoms with Gasteiger partial charge < -0.3 is 20.3 Å². The first-order chi connectivity index (χ1) is 19.7. The van der Waals surface area contributed by atoms with Crippen molar-refractivity contribution in [3.8, 4) is 12.1 Å². The number of halogens is 2. The second-order valence-electron chi connectivity index (χ2n) is 10.1. The van der Waals surface area contributed by atoms with Crippen molar-refractivity contribution in [1.82, 2.24) is 24.6 Å². The van der Waals surface area contributed by atoms with Crippen LogP contribution in [0.2, 0.25) is 5.02 Å². The highest BCUT2D eigenvalue weighted by molar-refractivity contribution is 7.98. The number of hydrogen-bond donors (Lipinski definition) is 1. The molecule has 2 N–H and O–H groups in total. The molecule has 0 saturated carbocycles. The summed E-state index contributed by atoms with van der Waals surface area (Å²) >= 11 is 9.50. The van der Waals surface area contributed by atoms with Crippen LogP contribution in [0.4, 0.5) is 15.2 Å². The van der Waals surface area contributed by atoms with Gasteiger partial charge in [0.05, 0.1) is 40.3 Å². The van der Waals surface area contributed by atoms with E-state index in [1.54, 1.807) is 31.9 Å². The summed E-state index contributed by atoms with van der Waals surface area (Å²) in [5.74, 6) is 0.732. The van der Waals surface area contributed by atoms with Gasteiger partial charge in [-0.25, -0.2) is 4.39 Å². The zero-order valence-corrected chi connectivity index (χ0v) is 25.0. The second kappa shape index (κ2) is 10.7. The van der Waals surface area contributed by atoms with E-state index in [0.717, 1.165) is 46.1 Å². The highest BCUT2D eigenvalue weighted by atomic mass is 35.5. The highest BCUT2D eigenvalue weighted by Gasteiger charge is 2.32. The minimum Gasteiger partial charge on any atom is -0.467 e. The lowest BCUT2D eigenvalue weighted by molar-refractivity contribution is 0.0821. The lowest BCUT2D eigenvalue weighted by Crippen LogP contribution is -2.27. The molecule has 0 spiro atoms. The lowest BCUT2D eigenvalue weighted by Gasteiger charge is -2.30. The zero-order chi connectivity index (χ0) is 29.0. The van der Waals surface area contributed by atoms with Crippen molar-refractivity contribution in [2.45, 2.75) is 36.9 Å². The van der Waals surface area contributed by atoms with E-state index in [2.05, 4.69) is 16.1 Å². The summed E-state index contributed by atoms with van der Waals surface area (Å²) in [4.78, 5) is 25.7. The molecule has 3 aromatic heterocycles. The predicted molar refractivity (Wildman–Crippen MR) is 158 cm³/mol. The molecule has 0 fully saturated rings. The Kier molecular flexibility index (Phi) is 7.17. The van der Waals surface area contributed by atoms with Gasteiger partial charge in [0.1, 0.15) is 22.7 Å². The van der Waals surface area contributed by atoms with E-state index in [1.807, 2.05) is 4.68 Å². The molecular weight excluding hydrogens is 587 g/mol. The molecule has 14 heteroatoms. The van der Waals surface area contributed by atoms with E-state index >= 15 is 0 Å². The van der Waals surface area contributed by atoms with Crippen LogP contribution in [-0.2, 0) is 25.3 Å². The molecule has 1 atom stereocenters. The molecule has 2 aliphatic rings. The molecule has 5 heterocycles. The summed E-state index contributed by atoms with van der Waals surface area (Å²) in [5, 5.41) is 15.5. The number of benzene rings is 1. The summed E-state index contributed by atoms with van der Waals surface area (Å²) in [5.41, 5.74) is 10.1. The smallest absolute Gasteiger partial charge is 0.318 e. The first-order valence-electron chi connectivity index (χ1n) is 12.9. The predicted octanol–water partition coefficient (Wildman–Crippen LogP) is 4.79. The first kappa shape index (κ1) is 27.6. The molecule has 2 aliphatic heterocycles. The minimum atomic E-state index is -0.385. The monoisotopic (exact) mass is 612 g/mol. The summed E-state index contributed by atoms with van der Waals surface area (Å²) in [6, 6.07) is 5.60. The maximum atomic E-state index is 14.7. The fourth-order valence-electron chi connectivity index (χ4n) is 5.39. The number of amides is 1. The van der Waals surface area contributed by atoms with Gasteiger partial charge in [-0.05, 0) is 18.1 Å². The average molecular weight is 613 g/mol. The van der Waals surface area contributed by atoms with Crippen LogP contribution in [0.3, 0.4) is 0 Å². The SMILES string of the molecule is COc1nc2c(c(N3CCCn4nc(C(=O)N(C)C)c(Cl)c4C3)n1)CSC(c1ccc(F)c3sc(N)c(C#N)c13)C2. The van der Waals surface area contributed by atoms with Crippen LogP contribution in [-0.4, -0.2) is 58.3 Å². The molecule has 0 saturated heterocycles. The number of thioether (sulfide) groups is 1. The molecule has 41 heavy (non-hydrogen) atoms. The molecule has 10 nitrogen and oxygen atoms in total. The highest BCUT2D eigenvalue weighted by Crippen LogP contribution is 2.48. The Morgan fingerprint density at radius 3 is 2.85 bits per heavy atom. The Balaban J connectivity index is 1.38. The number of aromatic nitrogens is 4. The molecule has 1 amide bonds. The van der Waals surface area contributed by atoms with E-state index in [0.29, 0.717) is 57.5 Å². The number of methoxy groups -OCH3 is 1. The van der Waals surface area contributed by atoms with Gasteiger partial charge in [0.2, 0.25) is 0 Å². The molecule has 212 valence electrons. The van der Waals surface area contributed by atoms with Gasteiger partial charge in [-0.1, -0.05) is 17.7 Å². The Morgan fingerprint density at radius 2 is 2.12 bits per heavy atom. The van der Waals surface area contributed by atoms with Crippen molar-refractivity contribution in [2.24, 2.45) is 0 Å². The van der Waals surface area contributed by atoms with Gasteiger partial charge in [0, 0.05) is 55.6 Å². The van der Waals surface area contributed by atoms with E-state index in [9.17, 15) is 14.4 Å². The molecule has 1 aromatic carbocycles. The number of nitrogen functional groups attached to an aromatic ring is 1.